The molecule has 0 aliphatic carbocycles. The van der Waals surface area contributed by atoms with E-state index < -0.39 is 0 Å². The van der Waals surface area contributed by atoms with Gasteiger partial charge in [0.1, 0.15) is 0 Å². The van der Waals surface area contributed by atoms with Gasteiger partial charge >= 0.3 is 0 Å². The minimum atomic E-state index is 0.616. The van der Waals surface area contributed by atoms with E-state index in [2.05, 4.69) is 17.6 Å². The highest BCUT2D eigenvalue weighted by Crippen LogP contribution is 1.88. The zero-order valence-electron chi connectivity index (χ0n) is 3.99. The summed E-state index contributed by atoms with van der Waals surface area (Å²) < 4.78 is 0. The molecule has 2 heteroatoms. The predicted octanol–water partition coefficient (Wildman–Crippen LogP) is -0.127. The van der Waals surface area contributed by atoms with Crippen LogP contribution >= 0.6 is 0 Å². The Balaban J connectivity index is 2.01. The molecule has 1 rings (SSSR count). The largest absolute Gasteiger partial charge is 0.289 e. The molecule has 0 saturated carbocycles. The molecule has 1 heterocycles. The molecule has 0 bridgehead atoms. The van der Waals surface area contributed by atoms with Crippen molar-refractivity contribution in [3.8, 4) is 0 Å². The highest BCUT2D eigenvalue weighted by atomic mass is 15.3. The zero-order valence-corrected chi connectivity index (χ0v) is 3.99. The van der Waals surface area contributed by atoms with Crippen LogP contribution in [-0.4, -0.2) is 12.8 Å². The molecule has 36 valence electrons. The Hall–Kier alpha value is -0.0800. The van der Waals surface area contributed by atoms with Crippen LogP contribution in [0.4, 0.5) is 0 Å². The maximum Gasteiger partial charge on any atom is 0.0588 e. The van der Waals surface area contributed by atoms with Crippen molar-refractivity contribution >= 4 is 0 Å². The van der Waals surface area contributed by atoms with E-state index in [4.69, 9.17) is 0 Å². The zero-order chi connectivity index (χ0) is 4.41. The molecule has 0 aromatic carbocycles. The van der Waals surface area contributed by atoms with E-state index in [1.165, 1.54) is 6.42 Å². The second-order valence-corrected chi connectivity index (χ2v) is 1.55. The van der Waals surface area contributed by atoms with Crippen LogP contribution in [0.1, 0.15) is 13.3 Å². The van der Waals surface area contributed by atoms with Gasteiger partial charge in [0.15, 0.2) is 0 Å². The van der Waals surface area contributed by atoms with E-state index in [0.717, 1.165) is 6.67 Å². The molecule has 0 spiro atoms. The van der Waals surface area contributed by atoms with Gasteiger partial charge in [-0.3, -0.25) is 10.6 Å². The molecule has 1 aliphatic heterocycles. The first-order valence-corrected chi connectivity index (χ1v) is 2.40. The Morgan fingerprint density at radius 1 is 1.67 bits per heavy atom. The van der Waals surface area contributed by atoms with Crippen LogP contribution in [0.2, 0.25) is 0 Å². The van der Waals surface area contributed by atoms with Crippen molar-refractivity contribution in [1.82, 2.24) is 10.6 Å². The van der Waals surface area contributed by atoms with Crippen LogP contribution < -0.4 is 10.6 Å². The summed E-state index contributed by atoms with van der Waals surface area (Å²) in [4.78, 5) is 0. The van der Waals surface area contributed by atoms with Gasteiger partial charge in [-0.1, -0.05) is 6.92 Å². The number of nitrogens with one attached hydrogen (secondary N) is 2. The summed E-state index contributed by atoms with van der Waals surface area (Å²) in [5.41, 5.74) is 0. The van der Waals surface area contributed by atoms with Gasteiger partial charge in [0.25, 0.3) is 0 Å². The topological polar surface area (TPSA) is 24.1 Å². The summed E-state index contributed by atoms with van der Waals surface area (Å²) in [5.74, 6) is 0. The van der Waals surface area contributed by atoms with Gasteiger partial charge < -0.3 is 0 Å². The van der Waals surface area contributed by atoms with Crippen LogP contribution in [0, 0.1) is 0 Å². The first-order valence-electron chi connectivity index (χ1n) is 2.40. The van der Waals surface area contributed by atoms with E-state index >= 15 is 0 Å². The third-order valence-corrected chi connectivity index (χ3v) is 1.11. The Bertz CT molecular complexity index is 38.1. The van der Waals surface area contributed by atoms with Gasteiger partial charge in [-0.25, -0.2) is 0 Å². The second-order valence-electron chi connectivity index (χ2n) is 1.55. The van der Waals surface area contributed by atoms with Crippen LogP contribution in [-0.2, 0) is 0 Å². The molecule has 0 aromatic rings. The molecular weight excluding hydrogens is 76.1 g/mol. The standard InChI is InChI=1S/C4H10N2/c1-2-4-5-3-6-4/h4-6H,2-3H2,1H3. The van der Waals surface area contributed by atoms with Gasteiger partial charge in [0.05, 0.1) is 6.17 Å². The molecule has 1 saturated heterocycles. The second kappa shape index (κ2) is 1.58. The Morgan fingerprint density at radius 3 is 2.33 bits per heavy atom. The van der Waals surface area contributed by atoms with E-state index in [9.17, 15) is 0 Å². The van der Waals surface area contributed by atoms with E-state index in [-0.39, 0.29) is 0 Å². The van der Waals surface area contributed by atoms with Crippen molar-refractivity contribution in [3.63, 3.8) is 0 Å². The normalized spacial score (nSPS) is 23.5. The minimum absolute atomic E-state index is 0.616. The Morgan fingerprint density at radius 2 is 2.33 bits per heavy atom. The summed E-state index contributed by atoms with van der Waals surface area (Å²) in [5, 5.41) is 6.37. The van der Waals surface area contributed by atoms with Gasteiger partial charge in [-0.2, -0.15) is 0 Å². The monoisotopic (exact) mass is 86.1 g/mol. The fraction of sp³-hybridized carbons (Fsp3) is 1.00. The average Bonchev–Trinajstić information content (AvgIpc) is 1.31. The number of hydrogen-bond donors (Lipinski definition) is 2. The van der Waals surface area contributed by atoms with Gasteiger partial charge in [-0.15, -0.1) is 0 Å². The van der Waals surface area contributed by atoms with Crippen molar-refractivity contribution < 1.29 is 0 Å². The molecule has 2 nitrogen and oxygen atoms in total. The maximum atomic E-state index is 3.18. The highest BCUT2D eigenvalue weighted by Gasteiger charge is 2.09. The molecule has 1 aliphatic rings. The summed E-state index contributed by atoms with van der Waals surface area (Å²) in [6.07, 6.45) is 1.81. The Kier molecular flexibility index (Phi) is 1.08. The van der Waals surface area contributed by atoms with E-state index in [1.54, 1.807) is 0 Å². The van der Waals surface area contributed by atoms with E-state index in [0.29, 0.717) is 6.17 Å². The first-order chi connectivity index (χ1) is 2.93. The lowest BCUT2D eigenvalue weighted by Crippen LogP contribution is -2.58. The summed E-state index contributed by atoms with van der Waals surface area (Å²) in [6, 6.07) is 0. The summed E-state index contributed by atoms with van der Waals surface area (Å²) >= 11 is 0. The maximum absolute atomic E-state index is 3.18. The smallest absolute Gasteiger partial charge is 0.0588 e. The highest BCUT2D eigenvalue weighted by molar-refractivity contribution is 4.68. The molecule has 0 unspecified atom stereocenters. The molecule has 1 fully saturated rings. The van der Waals surface area contributed by atoms with Crippen LogP contribution in [0.15, 0.2) is 0 Å². The molecule has 2 N–H and O–H groups in total. The first kappa shape index (κ1) is 4.09. The van der Waals surface area contributed by atoms with Gasteiger partial charge in [0.2, 0.25) is 0 Å². The molecular formula is C4H10N2. The quantitative estimate of drug-likeness (QED) is 0.464. The van der Waals surface area contributed by atoms with Gasteiger partial charge in [-0.05, 0) is 6.42 Å². The Labute approximate surface area is 37.9 Å². The fourth-order valence-electron chi connectivity index (χ4n) is 0.535. The van der Waals surface area contributed by atoms with Crippen LogP contribution in [0.5, 0.6) is 0 Å². The van der Waals surface area contributed by atoms with Crippen molar-refractivity contribution in [2.24, 2.45) is 0 Å². The molecule has 0 radical (unpaired) electrons. The lowest BCUT2D eigenvalue weighted by molar-refractivity contribution is 0.293. The van der Waals surface area contributed by atoms with Crippen LogP contribution in [0.3, 0.4) is 0 Å². The van der Waals surface area contributed by atoms with E-state index in [1.807, 2.05) is 0 Å². The number of hydrogen-bond acceptors (Lipinski definition) is 2. The van der Waals surface area contributed by atoms with Crippen molar-refractivity contribution in [2.75, 3.05) is 6.67 Å². The fourth-order valence-corrected chi connectivity index (χ4v) is 0.535. The molecule has 0 amide bonds. The summed E-state index contributed by atoms with van der Waals surface area (Å²) in [7, 11) is 0. The van der Waals surface area contributed by atoms with Crippen molar-refractivity contribution in [1.29, 1.82) is 0 Å². The average molecular weight is 86.1 g/mol. The summed E-state index contributed by atoms with van der Waals surface area (Å²) in [6.45, 7) is 3.16. The molecule has 6 heavy (non-hydrogen) atoms. The lowest BCUT2D eigenvalue weighted by Gasteiger charge is -2.27. The van der Waals surface area contributed by atoms with Crippen molar-refractivity contribution in [2.45, 2.75) is 19.5 Å². The van der Waals surface area contributed by atoms with Crippen molar-refractivity contribution in [3.05, 3.63) is 0 Å². The minimum Gasteiger partial charge on any atom is -0.289 e. The molecule has 0 aromatic heterocycles. The lowest BCUT2D eigenvalue weighted by atomic mass is 10.3. The van der Waals surface area contributed by atoms with Gasteiger partial charge in [0, 0.05) is 6.67 Å². The molecule has 0 atom stereocenters. The predicted molar refractivity (Wildman–Crippen MR) is 25.2 cm³/mol. The third-order valence-electron chi connectivity index (χ3n) is 1.11. The van der Waals surface area contributed by atoms with Crippen LogP contribution in [0.25, 0.3) is 0 Å². The number of rotatable bonds is 1. The third kappa shape index (κ3) is 0.533. The SMILES string of the molecule is CCC1NCN1.